The number of likely N-dealkylation sites (N-methyl/N-ethyl adjacent to an activating group) is 1. The normalized spacial score (nSPS) is 21.9. The van der Waals surface area contributed by atoms with Gasteiger partial charge in [-0.2, -0.15) is 13.2 Å². The third-order valence-electron chi connectivity index (χ3n) is 2.99. The van der Waals surface area contributed by atoms with E-state index in [0.717, 1.165) is 12.1 Å². The summed E-state index contributed by atoms with van der Waals surface area (Å²) in [5, 5.41) is 2.74. The van der Waals surface area contributed by atoms with Crippen LogP contribution in [-0.2, 0) is 16.0 Å². The summed E-state index contributed by atoms with van der Waals surface area (Å²) in [6.07, 6.45) is -4.53. The summed E-state index contributed by atoms with van der Waals surface area (Å²) in [7, 11) is -2.02. The van der Waals surface area contributed by atoms with E-state index >= 15 is 0 Å². The largest absolute Gasteiger partial charge is 0.416 e. The Morgan fingerprint density at radius 2 is 2.06 bits per heavy atom. The number of alkyl halides is 3. The highest BCUT2D eigenvalue weighted by Gasteiger charge is 2.43. The summed E-state index contributed by atoms with van der Waals surface area (Å²) in [5.41, 5.74) is -0.944. The van der Waals surface area contributed by atoms with Crippen LogP contribution in [0, 0.1) is 0 Å². The van der Waals surface area contributed by atoms with Gasteiger partial charge >= 0.3 is 6.18 Å². The maximum atomic E-state index is 12.9. The molecule has 3 nitrogen and oxygen atoms in total. The summed E-state index contributed by atoms with van der Waals surface area (Å²) in [5.74, 6) is -0.913. The Labute approximate surface area is 103 Å². The van der Waals surface area contributed by atoms with Crippen molar-refractivity contribution in [2.45, 2.75) is 17.0 Å². The van der Waals surface area contributed by atoms with Gasteiger partial charge in [-0.15, -0.1) is 0 Å². The standard InChI is InChI=1S/C11H12F3NO2S/c1-15-5-7-6-18(16,17)9-4-2-3-8(10(7)9)11(12,13)14/h2-4,7,15H,5-6H2,1H3. The van der Waals surface area contributed by atoms with Gasteiger partial charge in [-0.3, -0.25) is 0 Å². The van der Waals surface area contributed by atoms with E-state index in [1.807, 2.05) is 0 Å². The minimum Gasteiger partial charge on any atom is -0.319 e. The highest BCUT2D eigenvalue weighted by atomic mass is 32.2. The molecule has 1 N–H and O–H groups in total. The number of fused-ring (bicyclic) bond motifs is 1. The molecule has 1 aliphatic heterocycles. The van der Waals surface area contributed by atoms with Gasteiger partial charge in [0.2, 0.25) is 0 Å². The average Bonchev–Trinajstić information content (AvgIpc) is 2.50. The lowest BCUT2D eigenvalue weighted by Gasteiger charge is -2.16. The zero-order valence-electron chi connectivity index (χ0n) is 9.58. The first-order valence-electron chi connectivity index (χ1n) is 5.35. The number of hydrogen-bond donors (Lipinski definition) is 1. The van der Waals surface area contributed by atoms with Crippen molar-refractivity contribution < 1.29 is 21.6 Å². The van der Waals surface area contributed by atoms with E-state index in [9.17, 15) is 21.6 Å². The zero-order chi connectivity index (χ0) is 13.6. The second kappa shape index (κ2) is 4.24. The second-order valence-corrected chi connectivity index (χ2v) is 6.25. The van der Waals surface area contributed by atoms with Gasteiger partial charge in [-0.1, -0.05) is 6.07 Å². The van der Waals surface area contributed by atoms with E-state index in [0.29, 0.717) is 0 Å². The molecule has 0 aliphatic carbocycles. The SMILES string of the molecule is CNCC1CS(=O)(=O)c2cccc(C(F)(F)F)c21. The summed E-state index contributed by atoms with van der Waals surface area (Å²) >= 11 is 0. The van der Waals surface area contributed by atoms with Gasteiger partial charge in [-0.25, -0.2) is 8.42 Å². The van der Waals surface area contributed by atoms with Crippen LogP contribution in [0.15, 0.2) is 23.1 Å². The molecule has 1 aliphatic rings. The number of sulfone groups is 1. The molecular formula is C11H12F3NO2S. The fourth-order valence-electron chi connectivity index (χ4n) is 2.33. The van der Waals surface area contributed by atoms with Crippen LogP contribution in [0.5, 0.6) is 0 Å². The van der Waals surface area contributed by atoms with Crippen LogP contribution in [0.1, 0.15) is 17.0 Å². The number of halogens is 3. The van der Waals surface area contributed by atoms with Gasteiger partial charge in [0.15, 0.2) is 9.84 Å². The molecule has 1 heterocycles. The number of nitrogens with one attached hydrogen (secondary N) is 1. The Hall–Kier alpha value is -1.08. The molecule has 0 fully saturated rings. The maximum Gasteiger partial charge on any atom is 0.416 e. The van der Waals surface area contributed by atoms with Crippen LogP contribution in [-0.4, -0.2) is 27.8 Å². The third-order valence-corrected chi connectivity index (χ3v) is 4.85. The van der Waals surface area contributed by atoms with Crippen molar-refractivity contribution in [3.8, 4) is 0 Å². The molecule has 0 radical (unpaired) electrons. The van der Waals surface area contributed by atoms with Crippen LogP contribution in [0.25, 0.3) is 0 Å². The van der Waals surface area contributed by atoms with Crippen molar-refractivity contribution in [1.82, 2.24) is 5.32 Å². The summed E-state index contributed by atoms with van der Waals surface area (Å²) < 4.78 is 62.3. The maximum absolute atomic E-state index is 12.9. The quantitative estimate of drug-likeness (QED) is 0.898. The molecule has 1 atom stereocenters. The third kappa shape index (κ3) is 2.12. The molecule has 100 valence electrons. The van der Waals surface area contributed by atoms with Crippen LogP contribution < -0.4 is 5.32 Å². The Balaban J connectivity index is 2.67. The van der Waals surface area contributed by atoms with E-state index in [4.69, 9.17) is 0 Å². The van der Waals surface area contributed by atoms with Gasteiger partial charge in [-0.05, 0) is 24.7 Å². The van der Waals surface area contributed by atoms with Crippen molar-refractivity contribution in [1.29, 1.82) is 0 Å². The van der Waals surface area contributed by atoms with Crippen molar-refractivity contribution in [2.24, 2.45) is 0 Å². The molecule has 7 heteroatoms. The fraction of sp³-hybridized carbons (Fsp3) is 0.455. The van der Waals surface area contributed by atoms with E-state index in [1.165, 1.54) is 6.07 Å². The first kappa shape index (κ1) is 13.4. The Bertz CT molecular complexity index is 566. The molecule has 0 saturated heterocycles. The molecular weight excluding hydrogens is 267 g/mol. The first-order chi connectivity index (χ1) is 8.27. The lowest BCUT2D eigenvalue weighted by atomic mass is 9.95. The van der Waals surface area contributed by atoms with E-state index in [1.54, 1.807) is 7.05 Å². The fourth-order valence-corrected chi connectivity index (χ4v) is 4.22. The van der Waals surface area contributed by atoms with Gasteiger partial charge in [0.05, 0.1) is 16.2 Å². The van der Waals surface area contributed by atoms with E-state index < -0.39 is 27.5 Å². The second-order valence-electron chi connectivity index (χ2n) is 4.25. The molecule has 0 bridgehead atoms. The zero-order valence-corrected chi connectivity index (χ0v) is 10.4. The van der Waals surface area contributed by atoms with Crippen LogP contribution in [0.4, 0.5) is 13.2 Å². The topological polar surface area (TPSA) is 46.2 Å². The monoisotopic (exact) mass is 279 g/mol. The van der Waals surface area contributed by atoms with Crippen molar-refractivity contribution in [2.75, 3.05) is 19.3 Å². The highest BCUT2D eigenvalue weighted by molar-refractivity contribution is 7.91. The molecule has 0 amide bonds. The van der Waals surface area contributed by atoms with Crippen molar-refractivity contribution >= 4 is 9.84 Å². The summed E-state index contributed by atoms with van der Waals surface area (Å²) in [6.45, 7) is 0.208. The molecule has 18 heavy (non-hydrogen) atoms. The van der Waals surface area contributed by atoms with Gasteiger partial charge in [0.1, 0.15) is 0 Å². The predicted molar refractivity (Wildman–Crippen MR) is 60.2 cm³/mol. The average molecular weight is 279 g/mol. The molecule has 0 saturated carbocycles. The van der Waals surface area contributed by atoms with E-state index in [2.05, 4.69) is 5.32 Å². The number of hydrogen-bond acceptors (Lipinski definition) is 3. The molecule has 2 rings (SSSR count). The Morgan fingerprint density at radius 1 is 1.39 bits per heavy atom. The first-order valence-corrected chi connectivity index (χ1v) is 7.00. The van der Waals surface area contributed by atoms with Crippen molar-refractivity contribution in [3.05, 3.63) is 29.3 Å². The van der Waals surface area contributed by atoms with Gasteiger partial charge in [0, 0.05) is 12.5 Å². The summed E-state index contributed by atoms with van der Waals surface area (Å²) in [6, 6.07) is 3.32. The molecule has 0 spiro atoms. The summed E-state index contributed by atoms with van der Waals surface area (Å²) in [4.78, 5) is -0.183. The van der Waals surface area contributed by atoms with Gasteiger partial charge in [0.25, 0.3) is 0 Å². The predicted octanol–water partition coefficient (Wildman–Crippen LogP) is 1.80. The van der Waals surface area contributed by atoms with Crippen LogP contribution in [0.3, 0.4) is 0 Å². The molecule has 1 aromatic carbocycles. The van der Waals surface area contributed by atoms with Crippen molar-refractivity contribution in [3.63, 3.8) is 0 Å². The molecule has 1 unspecified atom stereocenters. The van der Waals surface area contributed by atoms with Crippen LogP contribution >= 0.6 is 0 Å². The number of benzene rings is 1. The smallest absolute Gasteiger partial charge is 0.319 e. The lowest BCUT2D eigenvalue weighted by molar-refractivity contribution is -0.138. The lowest BCUT2D eigenvalue weighted by Crippen LogP contribution is -2.20. The minimum absolute atomic E-state index is 0.0978. The molecule has 1 aromatic rings. The highest BCUT2D eigenvalue weighted by Crippen LogP contribution is 2.43. The van der Waals surface area contributed by atoms with Gasteiger partial charge < -0.3 is 5.32 Å². The van der Waals surface area contributed by atoms with Crippen LogP contribution in [0.2, 0.25) is 0 Å². The molecule has 0 aromatic heterocycles. The van der Waals surface area contributed by atoms with E-state index in [-0.39, 0.29) is 22.8 Å². The number of rotatable bonds is 2. The minimum atomic E-state index is -4.53. The Kier molecular flexibility index (Phi) is 3.14. The Morgan fingerprint density at radius 3 is 2.61 bits per heavy atom.